The quantitative estimate of drug-likeness (QED) is 0.407. The van der Waals surface area contributed by atoms with Crippen molar-refractivity contribution in [2.24, 2.45) is 10.8 Å². The van der Waals surface area contributed by atoms with Crippen LogP contribution in [0.2, 0.25) is 0 Å². The van der Waals surface area contributed by atoms with Gasteiger partial charge in [-0.2, -0.15) is 0 Å². The zero-order chi connectivity index (χ0) is 27.6. The van der Waals surface area contributed by atoms with Crippen molar-refractivity contribution >= 4 is 64.3 Å². The number of hydrogen-bond acceptors (Lipinski definition) is 8. The van der Waals surface area contributed by atoms with Gasteiger partial charge in [-0.1, -0.05) is 6.07 Å². The minimum Gasteiger partial charge on any atom is -0.282 e. The molecule has 8 amide bonds. The summed E-state index contributed by atoms with van der Waals surface area (Å²) in [6.07, 6.45) is 0. The van der Waals surface area contributed by atoms with E-state index in [4.69, 9.17) is 0 Å². The van der Waals surface area contributed by atoms with Crippen molar-refractivity contribution in [1.29, 1.82) is 0 Å². The molecule has 0 atom stereocenters. The Hall–Kier alpha value is -5.00. The molecule has 4 heterocycles. The van der Waals surface area contributed by atoms with Gasteiger partial charge in [0.25, 0.3) is 58.1 Å². The van der Waals surface area contributed by atoms with Crippen LogP contribution in [0.5, 0.6) is 0 Å². The first-order valence-electron chi connectivity index (χ1n) is 11.5. The van der Waals surface area contributed by atoms with Crippen LogP contribution >= 0.6 is 0 Å². The van der Waals surface area contributed by atoms with E-state index in [0.29, 0.717) is 26.0 Å². The number of anilines is 3. The Bertz CT molecular complexity index is 1570. The molecule has 4 saturated heterocycles. The predicted molar refractivity (Wildman–Crippen MR) is 127 cm³/mol. The van der Waals surface area contributed by atoms with Crippen LogP contribution in [-0.4, -0.2) is 59.2 Å². The lowest BCUT2D eigenvalue weighted by Gasteiger charge is -2.52. The zero-order valence-electron chi connectivity index (χ0n) is 20.5. The first-order chi connectivity index (χ1) is 17.8. The molecule has 12 heteroatoms. The molecule has 0 radical (unpaired) electrons. The number of likely N-dealkylation sites (tertiary alicyclic amines) is 1. The van der Waals surface area contributed by atoms with Crippen LogP contribution in [0.25, 0.3) is 0 Å². The van der Waals surface area contributed by atoms with E-state index >= 15 is 0 Å². The van der Waals surface area contributed by atoms with Gasteiger partial charge in [0.05, 0.1) is 17.1 Å². The fourth-order valence-corrected chi connectivity index (χ4v) is 5.39. The van der Waals surface area contributed by atoms with E-state index < -0.39 is 58.1 Å². The van der Waals surface area contributed by atoms with Gasteiger partial charge in [-0.05, 0) is 67.8 Å². The van der Waals surface area contributed by atoms with Gasteiger partial charge in [-0.25, -0.2) is 14.7 Å². The van der Waals surface area contributed by atoms with Crippen LogP contribution in [0.1, 0.15) is 16.7 Å². The number of benzene rings is 2. The lowest BCUT2D eigenvalue weighted by Crippen LogP contribution is -2.85. The second kappa shape index (κ2) is 6.85. The number of imide groups is 4. The van der Waals surface area contributed by atoms with E-state index in [2.05, 4.69) is 0 Å². The largest absolute Gasteiger partial charge is 0.286 e. The van der Waals surface area contributed by atoms with Crippen LogP contribution in [0.3, 0.4) is 0 Å². The Morgan fingerprint density at radius 2 is 0.816 bits per heavy atom. The van der Waals surface area contributed by atoms with Gasteiger partial charge < -0.3 is 0 Å². The summed E-state index contributed by atoms with van der Waals surface area (Å²) in [5.74, 6) is -7.58. The maximum atomic E-state index is 13.1. The molecule has 0 unspecified atom stereocenters. The SMILES string of the molecule is Cc1cc(C)c(N2C(=O)C3(C(=O)N(c4ccc(N5C(=O)C6(C(=O)N(C)C6=O)C5=O)cc4)C3=O)C2=O)cc1C. The Labute approximate surface area is 214 Å². The molecule has 4 aliphatic heterocycles. The predicted octanol–water partition coefficient (Wildman–Crippen LogP) is -0.0969. The van der Waals surface area contributed by atoms with Crippen LogP contribution in [0.4, 0.5) is 17.1 Å². The van der Waals surface area contributed by atoms with Crippen molar-refractivity contribution < 1.29 is 38.4 Å². The molecular formula is C26H18N4O8. The minimum absolute atomic E-state index is 0.0152. The van der Waals surface area contributed by atoms with Gasteiger partial charge in [0.1, 0.15) is 0 Å². The number of nitrogens with zero attached hydrogens (tertiary/aromatic N) is 4. The van der Waals surface area contributed by atoms with Gasteiger partial charge in [0.15, 0.2) is 0 Å². The summed E-state index contributed by atoms with van der Waals surface area (Å²) in [5.41, 5.74) is -1.96. The van der Waals surface area contributed by atoms with Gasteiger partial charge in [0.2, 0.25) is 0 Å². The standard InChI is InChI=1S/C26H18N4O8/c1-11-9-13(3)16(10-12(11)2)30-23(37)26(24(30)38)21(35)29(22(26)36)15-7-5-14(6-8-15)28-19(33)25(20(28)34)17(31)27(4)18(25)32/h5-10H,1-4H3. The number of amides is 8. The lowest BCUT2D eigenvalue weighted by atomic mass is 9.68. The van der Waals surface area contributed by atoms with Gasteiger partial charge in [0, 0.05) is 7.05 Å². The minimum atomic E-state index is -2.42. The van der Waals surface area contributed by atoms with Crippen molar-refractivity contribution in [3.8, 4) is 0 Å². The van der Waals surface area contributed by atoms with Crippen LogP contribution in [-0.2, 0) is 38.4 Å². The Morgan fingerprint density at radius 1 is 0.474 bits per heavy atom. The van der Waals surface area contributed by atoms with E-state index in [1.165, 1.54) is 31.3 Å². The highest BCUT2D eigenvalue weighted by atomic mass is 16.2. The van der Waals surface area contributed by atoms with Gasteiger partial charge in [-0.15, -0.1) is 0 Å². The molecule has 0 saturated carbocycles. The number of carbonyl (C=O) groups is 8. The van der Waals surface area contributed by atoms with Crippen LogP contribution < -0.4 is 14.7 Å². The summed E-state index contributed by atoms with van der Waals surface area (Å²) in [7, 11) is 1.17. The monoisotopic (exact) mass is 514 g/mol. The van der Waals surface area contributed by atoms with E-state index in [0.717, 1.165) is 16.0 Å². The van der Waals surface area contributed by atoms with Crippen molar-refractivity contribution in [1.82, 2.24) is 4.90 Å². The third-order valence-corrected chi connectivity index (χ3v) is 7.81. The Kier molecular flexibility index (Phi) is 4.22. The average Bonchev–Trinajstić information content (AvgIpc) is 2.88. The maximum Gasteiger partial charge on any atom is 0.286 e. The number of rotatable bonds is 3. The highest BCUT2D eigenvalue weighted by Crippen LogP contribution is 2.50. The highest BCUT2D eigenvalue weighted by Gasteiger charge is 2.81. The molecule has 2 aromatic carbocycles. The van der Waals surface area contributed by atoms with Crippen molar-refractivity contribution in [2.45, 2.75) is 20.8 Å². The van der Waals surface area contributed by atoms with Crippen LogP contribution in [0, 0.1) is 31.6 Å². The van der Waals surface area contributed by atoms with Crippen molar-refractivity contribution in [3.05, 3.63) is 53.1 Å². The molecule has 12 nitrogen and oxygen atoms in total. The molecule has 4 fully saturated rings. The molecule has 2 spiro atoms. The number of aryl methyl sites for hydroxylation is 3. The smallest absolute Gasteiger partial charge is 0.282 e. The molecule has 0 N–H and O–H groups in total. The molecule has 6 rings (SSSR count). The summed E-state index contributed by atoms with van der Waals surface area (Å²) in [6.45, 7) is 5.41. The van der Waals surface area contributed by atoms with E-state index in [9.17, 15) is 38.4 Å². The number of hydrogen-bond donors (Lipinski definition) is 0. The summed E-state index contributed by atoms with van der Waals surface area (Å²) in [4.78, 5) is 104. The topological polar surface area (TPSA) is 150 Å². The first kappa shape index (κ1) is 23.4. The third kappa shape index (κ3) is 2.18. The highest BCUT2D eigenvalue weighted by molar-refractivity contribution is 6.64. The summed E-state index contributed by atoms with van der Waals surface area (Å²) < 4.78 is 0. The summed E-state index contributed by atoms with van der Waals surface area (Å²) >= 11 is 0. The fourth-order valence-electron chi connectivity index (χ4n) is 5.39. The fraction of sp³-hybridized carbons (Fsp3) is 0.231. The molecule has 38 heavy (non-hydrogen) atoms. The molecule has 2 aromatic rings. The van der Waals surface area contributed by atoms with E-state index in [1.54, 1.807) is 19.1 Å². The van der Waals surface area contributed by atoms with Gasteiger partial charge in [-0.3, -0.25) is 43.3 Å². The summed E-state index contributed by atoms with van der Waals surface area (Å²) in [6, 6.07) is 8.45. The maximum absolute atomic E-state index is 13.1. The Balaban J connectivity index is 1.22. The molecule has 4 aliphatic rings. The van der Waals surface area contributed by atoms with Crippen molar-refractivity contribution in [2.75, 3.05) is 21.7 Å². The van der Waals surface area contributed by atoms with Crippen molar-refractivity contribution in [3.63, 3.8) is 0 Å². The first-order valence-corrected chi connectivity index (χ1v) is 11.5. The number of carbonyl (C=O) groups excluding carboxylic acids is 8. The molecular weight excluding hydrogens is 496 g/mol. The summed E-state index contributed by atoms with van der Waals surface area (Å²) in [5, 5.41) is 0. The van der Waals surface area contributed by atoms with Crippen LogP contribution in [0.15, 0.2) is 36.4 Å². The zero-order valence-corrected chi connectivity index (χ0v) is 20.5. The van der Waals surface area contributed by atoms with Gasteiger partial charge >= 0.3 is 0 Å². The third-order valence-electron chi connectivity index (χ3n) is 7.81. The second-order valence-electron chi connectivity index (χ2n) is 9.75. The molecule has 190 valence electrons. The molecule has 0 aromatic heterocycles. The molecule has 0 bridgehead atoms. The Morgan fingerprint density at radius 3 is 1.24 bits per heavy atom. The van der Waals surface area contributed by atoms with E-state index in [1.807, 2.05) is 13.8 Å². The van der Waals surface area contributed by atoms with E-state index in [-0.39, 0.29) is 11.4 Å². The lowest BCUT2D eigenvalue weighted by molar-refractivity contribution is -0.185. The molecule has 0 aliphatic carbocycles. The average molecular weight is 514 g/mol. The normalized spacial score (nSPS) is 21.3. The second-order valence-corrected chi connectivity index (χ2v) is 9.75. The number of β-lactam (4-membered cyclic amide) rings is 8.